The lowest BCUT2D eigenvalue weighted by atomic mass is 10.1. The van der Waals surface area contributed by atoms with Crippen LogP contribution < -0.4 is 5.32 Å². The zero-order chi connectivity index (χ0) is 13.7. The monoisotopic (exact) mass is 265 g/mol. The van der Waals surface area contributed by atoms with Gasteiger partial charge in [-0.15, -0.1) is 0 Å². The Morgan fingerprint density at radius 3 is 2.95 bits per heavy atom. The third kappa shape index (κ3) is 3.81. The van der Waals surface area contributed by atoms with Crippen molar-refractivity contribution in [2.75, 3.05) is 33.2 Å². The molecule has 4 heteroatoms. The highest BCUT2D eigenvalue weighted by molar-refractivity contribution is 5.17. The number of hydrogen-bond donors (Lipinski definition) is 1. The quantitative estimate of drug-likeness (QED) is 0.851. The summed E-state index contributed by atoms with van der Waals surface area (Å²) in [6, 6.07) is 2.81. The van der Waals surface area contributed by atoms with E-state index in [0.717, 1.165) is 31.9 Å². The number of nitrogens with one attached hydrogen (secondary N) is 1. The lowest BCUT2D eigenvalue weighted by Gasteiger charge is -2.39. The average molecular weight is 265 g/mol. The van der Waals surface area contributed by atoms with Gasteiger partial charge in [-0.25, -0.2) is 0 Å². The highest BCUT2D eigenvalue weighted by Crippen LogP contribution is 2.17. The predicted octanol–water partition coefficient (Wildman–Crippen LogP) is 1.92. The highest BCUT2D eigenvalue weighted by atomic mass is 16.3. The Labute approximate surface area is 116 Å². The lowest BCUT2D eigenvalue weighted by Crippen LogP contribution is -2.50. The third-order valence-corrected chi connectivity index (χ3v) is 4.10. The van der Waals surface area contributed by atoms with Crippen LogP contribution in [0.5, 0.6) is 0 Å². The fourth-order valence-corrected chi connectivity index (χ4v) is 2.74. The summed E-state index contributed by atoms with van der Waals surface area (Å²) in [7, 11) is 2.24. The van der Waals surface area contributed by atoms with Gasteiger partial charge in [0.25, 0.3) is 0 Å². The van der Waals surface area contributed by atoms with Crippen LogP contribution >= 0.6 is 0 Å². The molecule has 2 rings (SSSR count). The van der Waals surface area contributed by atoms with Crippen LogP contribution in [-0.2, 0) is 13.1 Å². The second-order valence-electron chi connectivity index (χ2n) is 5.43. The van der Waals surface area contributed by atoms with Crippen LogP contribution in [-0.4, -0.2) is 49.1 Å². The topological polar surface area (TPSA) is 31.7 Å². The largest absolute Gasteiger partial charge is 0.468 e. The normalized spacial score (nSPS) is 21.9. The van der Waals surface area contributed by atoms with Gasteiger partial charge < -0.3 is 14.6 Å². The summed E-state index contributed by atoms with van der Waals surface area (Å²) in [6.07, 6.45) is 3.04. The molecular weight excluding hydrogens is 238 g/mol. The maximum Gasteiger partial charge on any atom is 0.122 e. The molecule has 108 valence electrons. The fourth-order valence-electron chi connectivity index (χ4n) is 2.74. The van der Waals surface area contributed by atoms with E-state index in [1.54, 1.807) is 0 Å². The summed E-state index contributed by atoms with van der Waals surface area (Å²) in [6.45, 7) is 10.7. The van der Waals surface area contributed by atoms with Gasteiger partial charge in [-0.05, 0) is 26.1 Å². The fraction of sp³-hybridized carbons (Fsp3) is 0.733. The SMILES string of the molecule is CCNCc1occc1CN1CCN(C)C(CC)C1. The van der Waals surface area contributed by atoms with E-state index in [-0.39, 0.29) is 0 Å². The van der Waals surface area contributed by atoms with Gasteiger partial charge in [0.1, 0.15) is 5.76 Å². The maximum atomic E-state index is 5.58. The summed E-state index contributed by atoms with van der Waals surface area (Å²) in [5.74, 6) is 1.09. The van der Waals surface area contributed by atoms with E-state index in [9.17, 15) is 0 Å². The molecule has 1 saturated heterocycles. The first-order valence-electron chi connectivity index (χ1n) is 7.43. The molecule has 1 aromatic heterocycles. The molecule has 1 N–H and O–H groups in total. The number of rotatable bonds is 6. The molecule has 1 atom stereocenters. The van der Waals surface area contributed by atoms with E-state index in [1.807, 2.05) is 6.26 Å². The van der Waals surface area contributed by atoms with Crippen LogP contribution in [0.15, 0.2) is 16.7 Å². The third-order valence-electron chi connectivity index (χ3n) is 4.10. The molecule has 1 aliphatic heterocycles. The van der Waals surface area contributed by atoms with Crippen molar-refractivity contribution in [1.82, 2.24) is 15.1 Å². The number of likely N-dealkylation sites (N-methyl/N-ethyl adjacent to an activating group) is 1. The van der Waals surface area contributed by atoms with Gasteiger partial charge in [-0.2, -0.15) is 0 Å². The summed E-state index contributed by atoms with van der Waals surface area (Å²) >= 11 is 0. The van der Waals surface area contributed by atoms with Crippen LogP contribution in [0.2, 0.25) is 0 Å². The van der Waals surface area contributed by atoms with Gasteiger partial charge >= 0.3 is 0 Å². The highest BCUT2D eigenvalue weighted by Gasteiger charge is 2.23. The van der Waals surface area contributed by atoms with Crippen molar-refractivity contribution in [1.29, 1.82) is 0 Å². The van der Waals surface area contributed by atoms with Crippen LogP contribution in [0.3, 0.4) is 0 Å². The summed E-state index contributed by atoms with van der Waals surface area (Å²) < 4.78 is 5.58. The van der Waals surface area contributed by atoms with Crippen molar-refractivity contribution in [3.05, 3.63) is 23.7 Å². The zero-order valence-corrected chi connectivity index (χ0v) is 12.5. The Kier molecular flexibility index (Phi) is 5.43. The van der Waals surface area contributed by atoms with Crippen LogP contribution in [0.25, 0.3) is 0 Å². The summed E-state index contributed by atoms with van der Waals surface area (Å²) in [4.78, 5) is 5.03. The Balaban J connectivity index is 1.92. The van der Waals surface area contributed by atoms with E-state index in [1.165, 1.54) is 25.1 Å². The van der Waals surface area contributed by atoms with E-state index >= 15 is 0 Å². The standard InChI is InChI=1S/C15H27N3O/c1-4-14-12-18(8-7-17(14)3)11-13-6-9-19-15(13)10-16-5-2/h6,9,14,16H,4-5,7-8,10-12H2,1-3H3. The molecule has 1 fully saturated rings. The molecule has 2 heterocycles. The minimum Gasteiger partial charge on any atom is -0.468 e. The van der Waals surface area contributed by atoms with Crippen molar-refractivity contribution in [3.8, 4) is 0 Å². The van der Waals surface area contributed by atoms with Gasteiger partial charge in [-0.1, -0.05) is 13.8 Å². The van der Waals surface area contributed by atoms with Gasteiger partial charge in [0.05, 0.1) is 12.8 Å². The minimum atomic E-state index is 0.692. The number of furan rings is 1. The molecule has 4 nitrogen and oxygen atoms in total. The summed E-state index contributed by atoms with van der Waals surface area (Å²) in [5.41, 5.74) is 1.33. The Morgan fingerprint density at radius 1 is 1.37 bits per heavy atom. The molecule has 0 amide bonds. The van der Waals surface area contributed by atoms with Crippen LogP contribution in [0.1, 0.15) is 31.6 Å². The summed E-state index contributed by atoms with van der Waals surface area (Å²) in [5, 5.41) is 3.33. The van der Waals surface area contributed by atoms with Gasteiger partial charge in [0, 0.05) is 37.8 Å². The first kappa shape index (κ1) is 14.6. The first-order valence-corrected chi connectivity index (χ1v) is 7.43. The van der Waals surface area contributed by atoms with Gasteiger partial charge in [0.2, 0.25) is 0 Å². The van der Waals surface area contributed by atoms with E-state index < -0.39 is 0 Å². The Bertz CT molecular complexity index is 377. The molecular formula is C15H27N3O. The van der Waals surface area contributed by atoms with E-state index in [4.69, 9.17) is 4.42 Å². The zero-order valence-electron chi connectivity index (χ0n) is 12.5. The molecule has 1 aliphatic rings. The van der Waals surface area contributed by atoms with Crippen molar-refractivity contribution in [2.45, 2.75) is 39.4 Å². The van der Waals surface area contributed by atoms with Crippen molar-refractivity contribution < 1.29 is 4.42 Å². The second kappa shape index (κ2) is 7.08. The Morgan fingerprint density at radius 2 is 2.21 bits per heavy atom. The van der Waals surface area contributed by atoms with Crippen molar-refractivity contribution in [2.24, 2.45) is 0 Å². The maximum absolute atomic E-state index is 5.58. The molecule has 1 aromatic rings. The smallest absolute Gasteiger partial charge is 0.122 e. The first-order chi connectivity index (χ1) is 9.24. The van der Waals surface area contributed by atoms with Crippen LogP contribution in [0, 0.1) is 0 Å². The van der Waals surface area contributed by atoms with Gasteiger partial charge in [-0.3, -0.25) is 4.90 Å². The second-order valence-corrected chi connectivity index (χ2v) is 5.43. The number of piperazine rings is 1. The molecule has 0 aromatic carbocycles. The van der Waals surface area contributed by atoms with Crippen molar-refractivity contribution in [3.63, 3.8) is 0 Å². The predicted molar refractivity (Wildman–Crippen MR) is 78.1 cm³/mol. The molecule has 19 heavy (non-hydrogen) atoms. The number of nitrogens with zero attached hydrogens (tertiary/aromatic N) is 2. The molecule has 0 radical (unpaired) electrons. The minimum absolute atomic E-state index is 0.692. The molecule has 0 bridgehead atoms. The molecule has 0 spiro atoms. The number of hydrogen-bond acceptors (Lipinski definition) is 4. The van der Waals surface area contributed by atoms with E-state index in [2.05, 4.69) is 42.1 Å². The Hall–Kier alpha value is -0.840. The molecule has 0 saturated carbocycles. The lowest BCUT2D eigenvalue weighted by molar-refractivity contribution is 0.0879. The molecule has 1 unspecified atom stereocenters. The molecule has 0 aliphatic carbocycles. The van der Waals surface area contributed by atoms with E-state index in [0.29, 0.717) is 6.04 Å². The average Bonchev–Trinajstić information content (AvgIpc) is 2.86. The van der Waals surface area contributed by atoms with Crippen LogP contribution in [0.4, 0.5) is 0 Å². The van der Waals surface area contributed by atoms with Gasteiger partial charge in [0.15, 0.2) is 0 Å². The van der Waals surface area contributed by atoms with Crippen molar-refractivity contribution >= 4 is 0 Å².